The Bertz CT molecular complexity index is 812. The third kappa shape index (κ3) is 4.44. The molecule has 0 radical (unpaired) electrons. The van der Waals surface area contributed by atoms with Crippen molar-refractivity contribution in [3.8, 4) is 0 Å². The quantitative estimate of drug-likeness (QED) is 0.803. The Kier molecular flexibility index (Phi) is 5.09. The fourth-order valence-corrected chi connectivity index (χ4v) is 2.58. The second-order valence-corrected chi connectivity index (χ2v) is 5.80. The topological polar surface area (TPSA) is 82.6 Å². The number of carbonyl (C=O) groups excluding carboxylic acids is 2. The third-order valence-electron chi connectivity index (χ3n) is 3.76. The molecule has 0 aliphatic carbocycles. The maximum absolute atomic E-state index is 12.4. The van der Waals surface area contributed by atoms with Crippen molar-refractivity contribution >= 4 is 29.0 Å². The zero-order valence-electron chi connectivity index (χ0n) is 14.0. The van der Waals surface area contributed by atoms with Crippen LogP contribution in [-0.2, 0) is 4.79 Å². The molecule has 1 heterocycles. The van der Waals surface area contributed by atoms with Crippen LogP contribution in [0.1, 0.15) is 29.3 Å². The number of nitrogens with one attached hydrogen (secondary N) is 3. The summed E-state index contributed by atoms with van der Waals surface area (Å²) in [6, 6.07) is 14.4. The van der Waals surface area contributed by atoms with Gasteiger partial charge in [0.2, 0.25) is 5.91 Å². The zero-order chi connectivity index (χ0) is 17.6. The molecule has 2 amide bonds. The molecule has 0 saturated carbocycles. The van der Waals surface area contributed by atoms with Gasteiger partial charge < -0.3 is 16.0 Å². The minimum Gasteiger partial charge on any atom is -0.370 e. The number of rotatable bonds is 4. The standard InChI is InChI=1S/C19H20N4O2/c1-13(24)22-16-8-6-14(7-9-16)19(25)23-17-5-2-4-15(12-17)18-20-10-3-11-21-18/h2,4-9,12H,3,10-11H2,1H3,(H,20,21)(H,22,24)(H,23,25). The first kappa shape index (κ1) is 16.7. The van der Waals surface area contributed by atoms with Crippen LogP contribution in [0, 0.1) is 0 Å². The molecule has 3 N–H and O–H groups in total. The molecule has 3 rings (SSSR count). The number of anilines is 2. The van der Waals surface area contributed by atoms with Crippen molar-refractivity contribution in [3.05, 3.63) is 59.7 Å². The summed E-state index contributed by atoms with van der Waals surface area (Å²) >= 11 is 0. The molecule has 0 saturated heterocycles. The van der Waals surface area contributed by atoms with Gasteiger partial charge in [-0.25, -0.2) is 0 Å². The summed E-state index contributed by atoms with van der Waals surface area (Å²) in [5, 5.41) is 8.83. The number of carbonyl (C=O) groups is 2. The Labute approximate surface area is 146 Å². The Morgan fingerprint density at radius 1 is 1.04 bits per heavy atom. The van der Waals surface area contributed by atoms with Gasteiger partial charge in [0.05, 0.1) is 0 Å². The van der Waals surface area contributed by atoms with Gasteiger partial charge in [-0.15, -0.1) is 0 Å². The van der Waals surface area contributed by atoms with Gasteiger partial charge in [-0.2, -0.15) is 0 Å². The van der Waals surface area contributed by atoms with Crippen LogP contribution in [0.4, 0.5) is 11.4 Å². The van der Waals surface area contributed by atoms with Crippen LogP contribution < -0.4 is 16.0 Å². The summed E-state index contributed by atoms with van der Waals surface area (Å²) in [5.41, 5.74) is 2.85. The van der Waals surface area contributed by atoms with Gasteiger partial charge in [0.15, 0.2) is 0 Å². The smallest absolute Gasteiger partial charge is 0.255 e. The molecular weight excluding hydrogens is 316 g/mol. The van der Waals surface area contributed by atoms with E-state index in [4.69, 9.17) is 0 Å². The van der Waals surface area contributed by atoms with Crippen molar-refractivity contribution < 1.29 is 9.59 Å². The monoisotopic (exact) mass is 336 g/mol. The van der Waals surface area contributed by atoms with Crippen LogP contribution in [0.25, 0.3) is 0 Å². The highest BCUT2D eigenvalue weighted by molar-refractivity contribution is 6.06. The number of hydrogen-bond acceptors (Lipinski definition) is 4. The van der Waals surface area contributed by atoms with Gasteiger partial charge in [-0.05, 0) is 42.8 Å². The molecule has 2 aromatic rings. The third-order valence-corrected chi connectivity index (χ3v) is 3.76. The van der Waals surface area contributed by atoms with E-state index in [1.165, 1.54) is 6.92 Å². The molecule has 0 unspecified atom stereocenters. The van der Waals surface area contributed by atoms with Crippen molar-refractivity contribution in [2.24, 2.45) is 4.99 Å². The molecule has 1 aliphatic rings. The van der Waals surface area contributed by atoms with Crippen LogP contribution in [0.15, 0.2) is 53.5 Å². The first-order chi connectivity index (χ1) is 12.1. The lowest BCUT2D eigenvalue weighted by Crippen LogP contribution is -2.30. The van der Waals surface area contributed by atoms with Crippen molar-refractivity contribution in [2.75, 3.05) is 23.7 Å². The van der Waals surface area contributed by atoms with Crippen molar-refractivity contribution in [3.63, 3.8) is 0 Å². The number of hydrogen-bond donors (Lipinski definition) is 3. The van der Waals surface area contributed by atoms with E-state index in [1.807, 2.05) is 24.3 Å². The van der Waals surface area contributed by atoms with E-state index < -0.39 is 0 Å². The first-order valence-corrected chi connectivity index (χ1v) is 8.19. The average Bonchev–Trinajstić information content (AvgIpc) is 2.63. The first-order valence-electron chi connectivity index (χ1n) is 8.19. The van der Waals surface area contributed by atoms with E-state index in [0.717, 1.165) is 30.9 Å². The second kappa shape index (κ2) is 7.61. The normalized spacial score (nSPS) is 13.4. The summed E-state index contributed by atoms with van der Waals surface area (Å²) in [7, 11) is 0. The summed E-state index contributed by atoms with van der Waals surface area (Å²) < 4.78 is 0. The minimum absolute atomic E-state index is 0.145. The number of amides is 2. The zero-order valence-corrected chi connectivity index (χ0v) is 14.0. The molecule has 0 aromatic heterocycles. The molecule has 0 fully saturated rings. The van der Waals surface area contributed by atoms with Gasteiger partial charge >= 0.3 is 0 Å². The summed E-state index contributed by atoms with van der Waals surface area (Å²) in [6.45, 7) is 3.18. The van der Waals surface area contributed by atoms with Gasteiger partial charge in [0.1, 0.15) is 5.84 Å². The van der Waals surface area contributed by atoms with Crippen molar-refractivity contribution in [2.45, 2.75) is 13.3 Å². The predicted molar refractivity (Wildman–Crippen MR) is 99.2 cm³/mol. The molecule has 0 spiro atoms. The van der Waals surface area contributed by atoms with Crippen LogP contribution in [0.5, 0.6) is 0 Å². The summed E-state index contributed by atoms with van der Waals surface area (Å²) in [5.74, 6) is 0.514. The van der Waals surface area contributed by atoms with E-state index in [1.54, 1.807) is 24.3 Å². The van der Waals surface area contributed by atoms with E-state index in [9.17, 15) is 9.59 Å². The lowest BCUT2D eigenvalue weighted by atomic mass is 10.1. The number of benzene rings is 2. The lowest BCUT2D eigenvalue weighted by Gasteiger charge is -2.15. The van der Waals surface area contributed by atoms with Gasteiger partial charge in [0.25, 0.3) is 5.91 Å². The molecule has 6 nitrogen and oxygen atoms in total. The van der Waals surface area contributed by atoms with E-state index >= 15 is 0 Å². The van der Waals surface area contributed by atoms with Crippen LogP contribution >= 0.6 is 0 Å². The Balaban J connectivity index is 1.70. The number of aliphatic imine (C=N–C) groups is 1. The largest absolute Gasteiger partial charge is 0.370 e. The fraction of sp³-hybridized carbons (Fsp3) is 0.211. The maximum Gasteiger partial charge on any atom is 0.255 e. The maximum atomic E-state index is 12.4. The molecule has 1 aliphatic heterocycles. The van der Waals surface area contributed by atoms with Crippen LogP contribution in [-0.4, -0.2) is 30.7 Å². The number of amidine groups is 1. The fourth-order valence-electron chi connectivity index (χ4n) is 2.58. The SMILES string of the molecule is CC(=O)Nc1ccc(C(=O)Nc2cccc(C3=NCCCN3)c2)cc1. The second-order valence-electron chi connectivity index (χ2n) is 5.80. The predicted octanol–water partition coefficient (Wildman–Crippen LogP) is 2.64. The van der Waals surface area contributed by atoms with Gasteiger partial charge in [0, 0.05) is 42.5 Å². The van der Waals surface area contributed by atoms with E-state index in [2.05, 4.69) is 20.9 Å². The molecule has 128 valence electrons. The summed E-state index contributed by atoms with van der Waals surface area (Å²) in [4.78, 5) is 27.9. The molecule has 0 bridgehead atoms. The highest BCUT2D eigenvalue weighted by atomic mass is 16.2. The molecule has 0 atom stereocenters. The summed E-state index contributed by atoms with van der Waals surface area (Å²) in [6.07, 6.45) is 1.04. The highest BCUT2D eigenvalue weighted by Gasteiger charge is 2.10. The molecule has 2 aromatic carbocycles. The van der Waals surface area contributed by atoms with Crippen molar-refractivity contribution in [1.29, 1.82) is 0 Å². The molecule has 6 heteroatoms. The minimum atomic E-state index is -0.204. The van der Waals surface area contributed by atoms with Crippen LogP contribution in [0.3, 0.4) is 0 Å². The number of nitrogens with zero attached hydrogens (tertiary/aromatic N) is 1. The highest BCUT2D eigenvalue weighted by Crippen LogP contribution is 2.15. The molecular formula is C19H20N4O2. The van der Waals surface area contributed by atoms with Crippen molar-refractivity contribution in [1.82, 2.24) is 5.32 Å². The van der Waals surface area contributed by atoms with E-state index in [0.29, 0.717) is 16.9 Å². The molecule has 25 heavy (non-hydrogen) atoms. The Morgan fingerprint density at radius 2 is 1.84 bits per heavy atom. The van der Waals surface area contributed by atoms with Gasteiger partial charge in [-0.1, -0.05) is 12.1 Å². The lowest BCUT2D eigenvalue weighted by molar-refractivity contribution is -0.114. The Morgan fingerprint density at radius 3 is 2.52 bits per heavy atom. The van der Waals surface area contributed by atoms with E-state index in [-0.39, 0.29) is 11.8 Å². The van der Waals surface area contributed by atoms with Gasteiger partial charge in [-0.3, -0.25) is 14.6 Å². The average molecular weight is 336 g/mol. The van der Waals surface area contributed by atoms with Crippen LogP contribution in [0.2, 0.25) is 0 Å². The Hall–Kier alpha value is -3.15.